The molecule has 1 aliphatic heterocycles. The number of hydrogen-bond acceptors (Lipinski definition) is 3. The van der Waals surface area contributed by atoms with E-state index >= 15 is 0 Å². The predicted octanol–water partition coefficient (Wildman–Crippen LogP) is 3.10. The van der Waals surface area contributed by atoms with Crippen LogP contribution in [0.2, 0.25) is 0 Å². The van der Waals surface area contributed by atoms with Gasteiger partial charge in [-0.3, -0.25) is 14.6 Å². The van der Waals surface area contributed by atoms with Gasteiger partial charge in [-0.2, -0.15) is 0 Å². The molecule has 2 heterocycles. The predicted molar refractivity (Wildman–Crippen MR) is 99.1 cm³/mol. The first-order chi connectivity index (χ1) is 11.4. The molecule has 1 saturated carbocycles. The first kappa shape index (κ1) is 17.7. The molecule has 3 rings (SSSR count). The number of rotatable bonds is 3. The van der Waals surface area contributed by atoms with Crippen LogP contribution in [0.5, 0.6) is 0 Å². The molecule has 24 heavy (non-hydrogen) atoms. The fourth-order valence-corrected chi connectivity index (χ4v) is 4.39. The van der Waals surface area contributed by atoms with E-state index in [0.29, 0.717) is 5.41 Å². The maximum atomic E-state index is 11.1. The molecule has 1 aromatic rings. The quantitative estimate of drug-likeness (QED) is 0.925. The zero-order valence-electron chi connectivity index (χ0n) is 15.6. The Labute approximate surface area is 146 Å². The van der Waals surface area contributed by atoms with Gasteiger partial charge >= 0.3 is 0 Å². The van der Waals surface area contributed by atoms with Crippen LogP contribution in [0.15, 0.2) is 23.1 Å². The van der Waals surface area contributed by atoms with E-state index < -0.39 is 0 Å². The molecular formula is C20H33N3O. The molecule has 0 aromatic carbocycles. The van der Waals surface area contributed by atoms with E-state index in [-0.39, 0.29) is 5.56 Å². The van der Waals surface area contributed by atoms with Crippen LogP contribution < -0.4 is 5.56 Å². The molecule has 0 radical (unpaired) electrons. The first-order valence-corrected chi connectivity index (χ1v) is 9.56. The molecule has 4 heteroatoms. The van der Waals surface area contributed by atoms with Crippen molar-refractivity contribution in [3.63, 3.8) is 0 Å². The van der Waals surface area contributed by atoms with Crippen molar-refractivity contribution >= 4 is 0 Å². The third kappa shape index (κ3) is 4.48. The van der Waals surface area contributed by atoms with Crippen molar-refractivity contribution in [2.24, 2.45) is 11.3 Å². The SMILES string of the molecule is CC(C)(C)C1CCC(N2CCN(Cc3ccc(=O)[nH]c3)CC2)CC1. The Hall–Kier alpha value is -1.13. The summed E-state index contributed by atoms with van der Waals surface area (Å²) in [7, 11) is 0. The van der Waals surface area contributed by atoms with Gasteiger partial charge in [0.1, 0.15) is 0 Å². The summed E-state index contributed by atoms with van der Waals surface area (Å²) in [4.78, 5) is 19.1. The summed E-state index contributed by atoms with van der Waals surface area (Å²) in [6, 6.07) is 4.37. The summed E-state index contributed by atoms with van der Waals surface area (Å²) in [5, 5.41) is 0. The maximum Gasteiger partial charge on any atom is 0.247 e. The minimum atomic E-state index is -0.0190. The molecule has 1 aliphatic carbocycles. The zero-order valence-corrected chi connectivity index (χ0v) is 15.6. The number of nitrogens with zero attached hydrogens (tertiary/aromatic N) is 2. The number of H-pyrrole nitrogens is 1. The Balaban J connectivity index is 1.44. The molecular weight excluding hydrogens is 298 g/mol. The third-order valence-corrected chi connectivity index (χ3v) is 6.10. The van der Waals surface area contributed by atoms with Crippen molar-refractivity contribution in [3.05, 3.63) is 34.2 Å². The van der Waals surface area contributed by atoms with Gasteiger partial charge < -0.3 is 4.98 Å². The van der Waals surface area contributed by atoms with E-state index in [1.165, 1.54) is 44.3 Å². The monoisotopic (exact) mass is 331 g/mol. The van der Waals surface area contributed by atoms with E-state index in [1.54, 1.807) is 6.07 Å². The number of aromatic amines is 1. The van der Waals surface area contributed by atoms with Crippen LogP contribution >= 0.6 is 0 Å². The lowest BCUT2D eigenvalue weighted by Crippen LogP contribution is -2.51. The van der Waals surface area contributed by atoms with Crippen LogP contribution in [0.25, 0.3) is 0 Å². The van der Waals surface area contributed by atoms with Crippen molar-refractivity contribution in [1.29, 1.82) is 0 Å². The molecule has 0 bridgehead atoms. The smallest absolute Gasteiger partial charge is 0.247 e. The lowest BCUT2D eigenvalue weighted by Gasteiger charge is -2.44. The topological polar surface area (TPSA) is 39.3 Å². The lowest BCUT2D eigenvalue weighted by molar-refractivity contribution is 0.0520. The highest BCUT2D eigenvalue weighted by Gasteiger charge is 2.32. The molecule has 4 nitrogen and oxygen atoms in total. The summed E-state index contributed by atoms with van der Waals surface area (Å²) in [6.45, 7) is 12.8. The largest absolute Gasteiger partial charge is 0.329 e. The maximum absolute atomic E-state index is 11.1. The van der Waals surface area contributed by atoms with Crippen molar-refractivity contribution in [2.75, 3.05) is 26.2 Å². The number of nitrogens with one attached hydrogen (secondary N) is 1. The minimum absolute atomic E-state index is 0.0190. The normalized spacial score (nSPS) is 27.3. The average Bonchev–Trinajstić information content (AvgIpc) is 2.57. The average molecular weight is 332 g/mol. The number of piperazine rings is 1. The summed E-state index contributed by atoms with van der Waals surface area (Å²) >= 11 is 0. The number of pyridine rings is 1. The van der Waals surface area contributed by atoms with Gasteiger partial charge in [-0.05, 0) is 42.6 Å². The molecule has 0 amide bonds. The zero-order chi connectivity index (χ0) is 17.2. The van der Waals surface area contributed by atoms with E-state index in [9.17, 15) is 4.79 Å². The molecule has 1 saturated heterocycles. The highest BCUT2D eigenvalue weighted by molar-refractivity contribution is 5.08. The van der Waals surface area contributed by atoms with Crippen molar-refractivity contribution in [2.45, 2.75) is 59.0 Å². The molecule has 0 atom stereocenters. The molecule has 2 aliphatic rings. The Kier molecular flexibility index (Phi) is 5.46. The summed E-state index contributed by atoms with van der Waals surface area (Å²) < 4.78 is 0. The standard InChI is InChI=1S/C20H33N3O/c1-20(2,3)17-5-7-18(8-6-17)23-12-10-22(11-13-23)15-16-4-9-19(24)21-14-16/h4,9,14,17-18H,5-8,10-13,15H2,1-3H3,(H,21,24). The summed E-state index contributed by atoms with van der Waals surface area (Å²) in [6.07, 6.45) is 7.39. The minimum Gasteiger partial charge on any atom is -0.329 e. The second-order valence-electron chi connectivity index (χ2n) is 8.74. The van der Waals surface area contributed by atoms with Crippen LogP contribution in [0.3, 0.4) is 0 Å². The van der Waals surface area contributed by atoms with Crippen molar-refractivity contribution < 1.29 is 0 Å². The van der Waals surface area contributed by atoms with Gasteiger partial charge in [-0.25, -0.2) is 0 Å². The van der Waals surface area contributed by atoms with Crippen molar-refractivity contribution in [1.82, 2.24) is 14.8 Å². The fraction of sp³-hybridized carbons (Fsp3) is 0.750. The molecule has 134 valence electrons. The van der Waals surface area contributed by atoms with Crippen LogP contribution in [-0.4, -0.2) is 47.0 Å². The Morgan fingerprint density at radius 1 is 1.04 bits per heavy atom. The lowest BCUT2D eigenvalue weighted by atomic mass is 9.71. The third-order valence-electron chi connectivity index (χ3n) is 6.10. The van der Waals surface area contributed by atoms with Gasteiger partial charge in [0.05, 0.1) is 0 Å². The molecule has 1 N–H and O–H groups in total. The second kappa shape index (κ2) is 7.40. The van der Waals surface area contributed by atoms with Gasteiger partial charge in [0.25, 0.3) is 0 Å². The van der Waals surface area contributed by atoms with Crippen LogP contribution in [0, 0.1) is 11.3 Å². The Morgan fingerprint density at radius 2 is 1.71 bits per heavy atom. The van der Waals surface area contributed by atoms with Gasteiger partial charge in [-0.15, -0.1) is 0 Å². The van der Waals surface area contributed by atoms with Gasteiger partial charge in [0.2, 0.25) is 5.56 Å². The van der Waals surface area contributed by atoms with E-state index in [1.807, 2.05) is 12.3 Å². The highest BCUT2D eigenvalue weighted by Crippen LogP contribution is 2.39. The first-order valence-electron chi connectivity index (χ1n) is 9.56. The molecule has 1 aromatic heterocycles. The van der Waals surface area contributed by atoms with Crippen molar-refractivity contribution in [3.8, 4) is 0 Å². The highest BCUT2D eigenvalue weighted by atomic mass is 16.1. The van der Waals surface area contributed by atoms with E-state index in [0.717, 1.165) is 31.6 Å². The van der Waals surface area contributed by atoms with Gasteiger partial charge in [0, 0.05) is 51.0 Å². The molecule has 0 unspecified atom stereocenters. The van der Waals surface area contributed by atoms with Crippen LogP contribution in [0.4, 0.5) is 0 Å². The molecule has 0 spiro atoms. The van der Waals surface area contributed by atoms with E-state index in [4.69, 9.17) is 0 Å². The fourth-order valence-electron chi connectivity index (χ4n) is 4.39. The van der Waals surface area contributed by atoms with Gasteiger partial charge in [0.15, 0.2) is 0 Å². The van der Waals surface area contributed by atoms with Crippen LogP contribution in [-0.2, 0) is 6.54 Å². The Morgan fingerprint density at radius 3 is 2.25 bits per heavy atom. The number of aromatic nitrogens is 1. The summed E-state index contributed by atoms with van der Waals surface area (Å²) in [5.41, 5.74) is 1.66. The van der Waals surface area contributed by atoms with Crippen LogP contribution in [0.1, 0.15) is 52.0 Å². The Bertz CT molecular complexity index is 553. The summed E-state index contributed by atoms with van der Waals surface area (Å²) in [5.74, 6) is 0.898. The van der Waals surface area contributed by atoms with E-state index in [2.05, 4.69) is 35.6 Å². The van der Waals surface area contributed by atoms with Gasteiger partial charge in [-0.1, -0.05) is 26.8 Å². The number of hydrogen-bond donors (Lipinski definition) is 1. The molecule has 2 fully saturated rings. The second-order valence-corrected chi connectivity index (χ2v) is 8.74.